The molecule has 0 aliphatic rings. The summed E-state index contributed by atoms with van der Waals surface area (Å²) in [6.07, 6.45) is -0.537. The Balaban J connectivity index is 2.64. The van der Waals surface area contributed by atoms with E-state index in [9.17, 15) is 9.59 Å². The Kier molecular flexibility index (Phi) is 3.28. The number of fused-ring (bicyclic) bond motifs is 1. The minimum absolute atomic E-state index is 0.331. The van der Waals surface area contributed by atoms with Gasteiger partial charge >= 0.3 is 5.97 Å². The number of carbonyl (C=O) groups excluding carboxylic acids is 1. The van der Waals surface area contributed by atoms with Crippen molar-refractivity contribution in [3.05, 3.63) is 42.0 Å². The standard InChI is InChI=1S/C14H12O4/c1-18-12-7-6-9-4-2-3-5-10(9)14(12)11(15)8-13(16)17/h2-7H,8H2,1H3,(H,16,17). The highest BCUT2D eigenvalue weighted by Crippen LogP contribution is 2.28. The van der Waals surface area contributed by atoms with Crippen LogP contribution in [0.1, 0.15) is 16.8 Å². The predicted molar refractivity (Wildman–Crippen MR) is 67.1 cm³/mol. The molecule has 0 radical (unpaired) electrons. The number of carboxylic acids is 1. The number of ketones is 1. The molecule has 0 spiro atoms. The van der Waals surface area contributed by atoms with Crippen LogP contribution in [-0.2, 0) is 4.79 Å². The van der Waals surface area contributed by atoms with Gasteiger partial charge in [0.1, 0.15) is 12.2 Å². The first-order valence-corrected chi connectivity index (χ1v) is 5.44. The number of rotatable bonds is 4. The molecular formula is C14H12O4. The predicted octanol–water partition coefficient (Wildman–Crippen LogP) is 2.51. The summed E-state index contributed by atoms with van der Waals surface area (Å²) in [6, 6.07) is 10.8. The van der Waals surface area contributed by atoms with Crippen molar-refractivity contribution in [1.29, 1.82) is 0 Å². The number of Topliss-reactive ketones (excluding diaryl/α,β-unsaturated/α-hetero) is 1. The Labute approximate surface area is 104 Å². The van der Waals surface area contributed by atoms with Crippen molar-refractivity contribution in [3.8, 4) is 5.75 Å². The second-order valence-electron chi connectivity index (χ2n) is 3.86. The molecule has 0 fully saturated rings. The maximum atomic E-state index is 12.0. The van der Waals surface area contributed by atoms with Gasteiger partial charge in [0.15, 0.2) is 5.78 Å². The molecule has 92 valence electrons. The SMILES string of the molecule is COc1ccc2ccccc2c1C(=O)CC(=O)O. The molecule has 4 heteroatoms. The van der Waals surface area contributed by atoms with Crippen LogP contribution < -0.4 is 4.74 Å². The monoisotopic (exact) mass is 244 g/mol. The number of hydrogen-bond acceptors (Lipinski definition) is 3. The number of ether oxygens (including phenoxy) is 1. The number of methoxy groups -OCH3 is 1. The van der Waals surface area contributed by atoms with Gasteiger partial charge in [-0.15, -0.1) is 0 Å². The third kappa shape index (κ3) is 2.18. The number of carbonyl (C=O) groups is 2. The quantitative estimate of drug-likeness (QED) is 0.663. The molecule has 0 unspecified atom stereocenters. The summed E-state index contributed by atoms with van der Waals surface area (Å²) in [6.45, 7) is 0. The Morgan fingerprint density at radius 2 is 1.89 bits per heavy atom. The van der Waals surface area contributed by atoms with E-state index in [1.54, 1.807) is 18.2 Å². The topological polar surface area (TPSA) is 63.6 Å². The zero-order valence-electron chi connectivity index (χ0n) is 9.84. The minimum atomic E-state index is -1.14. The van der Waals surface area contributed by atoms with Gasteiger partial charge in [0.2, 0.25) is 0 Å². The van der Waals surface area contributed by atoms with E-state index in [1.807, 2.05) is 18.2 Å². The summed E-state index contributed by atoms with van der Waals surface area (Å²) in [5.41, 5.74) is 0.331. The van der Waals surface area contributed by atoms with E-state index in [1.165, 1.54) is 7.11 Å². The zero-order chi connectivity index (χ0) is 13.1. The normalized spacial score (nSPS) is 10.3. The van der Waals surface area contributed by atoms with Gasteiger partial charge in [-0.3, -0.25) is 9.59 Å². The van der Waals surface area contributed by atoms with Gasteiger partial charge in [0, 0.05) is 0 Å². The molecule has 4 nitrogen and oxygen atoms in total. The molecule has 0 saturated carbocycles. The zero-order valence-corrected chi connectivity index (χ0v) is 9.84. The van der Waals surface area contributed by atoms with E-state index in [0.29, 0.717) is 16.7 Å². The van der Waals surface area contributed by atoms with Crippen molar-refractivity contribution in [2.45, 2.75) is 6.42 Å². The van der Waals surface area contributed by atoms with Crippen molar-refractivity contribution in [3.63, 3.8) is 0 Å². The molecule has 0 atom stereocenters. The molecule has 18 heavy (non-hydrogen) atoms. The van der Waals surface area contributed by atoms with Crippen LogP contribution in [0, 0.1) is 0 Å². The molecule has 2 rings (SSSR count). The third-order valence-corrected chi connectivity index (χ3v) is 2.70. The summed E-state index contributed by atoms with van der Waals surface area (Å²) >= 11 is 0. The lowest BCUT2D eigenvalue weighted by molar-refractivity contribution is -0.135. The largest absolute Gasteiger partial charge is 0.496 e. The minimum Gasteiger partial charge on any atom is -0.496 e. The van der Waals surface area contributed by atoms with Crippen LogP contribution in [0.25, 0.3) is 10.8 Å². The fourth-order valence-electron chi connectivity index (χ4n) is 1.94. The van der Waals surface area contributed by atoms with Crippen LogP contribution in [0.4, 0.5) is 0 Å². The highest BCUT2D eigenvalue weighted by Gasteiger charge is 2.18. The van der Waals surface area contributed by atoms with Gasteiger partial charge in [0.25, 0.3) is 0 Å². The lowest BCUT2D eigenvalue weighted by atomic mass is 9.99. The fourth-order valence-corrected chi connectivity index (χ4v) is 1.94. The number of aliphatic carboxylic acids is 1. The molecular weight excluding hydrogens is 232 g/mol. The van der Waals surface area contributed by atoms with Crippen molar-refractivity contribution in [1.82, 2.24) is 0 Å². The first kappa shape index (κ1) is 12.1. The molecule has 0 aromatic heterocycles. The molecule has 0 aliphatic carbocycles. The Hall–Kier alpha value is -2.36. The maximum Gasteiger partial charge on any atom is 0.311 e. The van der Waals surface area contributed by atoms with Gasteiger partial charge in [-0.25, -0.2) is 0 Å². The van der Waals surface area contributed by atoms with Crippen LogP contribution >= 0.6 is 0 Å². The summed E-state index contributed by atoms with van der Waals surface area (Å²) in [7, 11) is 1.46. The van der Waals surface area contributed by atoms with E-state index < -0.39 is 18.2 Å². The van der Waals surface area contributed by atoms with E-state index in [4.69, 9.17) is 9.84 Å². The smallest absolute Gasteiger partial charge is 0.311 e. The van der Waals surface area contributed by atoms with Crippen molar-refractivity contribution >= 4 is 22.5 Å². The highest BCUT2D eigenvalue weighted by atomic mass is 16.5. The van der Waals surface area contributed by atoms with Crippen molar-refractivity contribution in [2.75, 3.05) is 7.11 Å². The van der Waals surface area contributed by atoms with Crippen LogP contribution in [0.15, 0.2) is 36.4 Å². The van der Waals surface area contributed by atoms with Crippen molar-refractivity contribution < 1.29 is 19.4 Å². The molecule has 1 N–H and O–H groups in total. The molecule has 2 aromatic carbocycles. The van der Waals surface area contributed by atoms with Crippen LogP contribution in [0.3, 0.4) is 0 Å². The second kappa shape index (κ2) is 4.87. The van der Waals surface area contributed by atoms with Crippen LogP contribution in [0.5, 0.6) is 5.75 Å². The Bertz CT molecular complexity index is 616. The van der Waals surface area contributed by atoms with Gasteiger partial charge in [-0.1, -0.05) is 30.3 Å². The molecule has 0 bridgehead atoms. The average molecular weight is 244 g/mol. The number of benzene rings is 2. The fraction of sp³-hybridized carbons (Fsp3) is 0.143. The Morgan fingerprint density at radius 3 is 2.56 bits per heavy atom. The number of hydrogen-bond donors (Lipinski definition) is 1. The lowest BCUT2D eigenvalue weighted by Gasteiger charge is -2.10. The summed E-state index contributed by atoms with van der Waals surface area (Å²) in [5.74, 6) is -1.19. The first-order valence-electron chi connectivity index (χ1n) is 5.44. The number of carboxylic acid groups (broad SMARTS) is 1. The van der Waals surface area contributed by atoms with E-state index in [2.05, 4.69) is 0 Å². The first-order chi connectivity index (χ1) is 8.63. The second-order valence-corrected chi connectivity index (χ2v) is 3.86. The lowest BCUT2D eigenvalue weighted by Crippen LogP contribution is -2.09. The molecule has 0 aliphatic heterocycles. The van der Waals surface area contributed by atoms with Crippen molar-refractivity contribution in [2.24, 2.45) is 0 Å². The van der Waals surface area contributed by atoms with E-state index in [0.717, 1.165) is 5.39 Å². The average Bonchev–Trinajstić information content (AvgIpc) is 2.36. The molecule has 0 saturated heterocycles. The molecule has 0 amide bonds. The van der Waals surface area contributed by atoms with E-state index >= 15 is 0 Å². The molecule has 2 aromatic rings. The third-order valence-electron chi connectivity index (χ3n) is 2.70. The van der Waals surface area contributed by atoms with Gasteiger partial charge in [0.05, 0.1) is 12.7 Å². The van der Waals surface area contributed by atoms with Gasteiger partial charge < -0.3 is 9.84 Å². The molecule has 0 heterocycles. The van der Waals surface area contributed by atoms with Crippen LogP contribution in [-0.4, -0.2) is 24.0 Å². The highest BCUT2D eigenvalue weighted by molar-refractivity contribution is 6.15. The van der Waals surface area contributed by atoms with Crippen LogP contribution in [0.2, 0.25) is 0 Å². The van der Waals surface area contributed by atoms with Gasteiger partial charge in [-0.05, 0) is 16.8 Å². The van der Waals surface area contributed by atoms with Gasteiger partial charge in [-0.2, -0.15) is 0 Å². The maximum absolute atomic E-state index is 12.0. The van der Waals surface area contributed by atoms with E-state index in [-0.39, 0.29) is 0 Å². The summed E-state index contributed by atoms with van der Waals surface area (Å²) in [5, 5.41) is 10.3. The summed E-state index contributed by atoms with van der Waals surface area (Å²) < 4.78 is 5.14. The summed E-state index contributed by atoms with van der Waals surface area (Å²) in [4.78, 5) is 22.6. The Morgan fingerprint density at radius 1 is 1.17 bits per heavy atom.